The Hall–Kier alpha value is -3.92. The molecule has 11 heteroatoms. The highest BCUT2D eigenvalue weighted by Gasteiger charge is 2.19. The van der Waals surface area contributed by atoms with Gasteiger partial charge in [0, 0.05) is 49.3 Å². The zero-order valence-electron chi connectivity index (χ0n) is 20.6. The molecule has 0 radical (unpaired) electrons. The van der Waals surface area contributed by atoms with Crippen molar-refractivity contribution in [3.63, 3.8) is 0 Å². The number of halogens is 2. The topological polar surface area (TPSA) is 106 Å². The van der Waals surface area contributed by atoms with Crippen LogP contribution in [0.25, 0.3) is 10.9 Å². The molecule has 0 bridgehead atoms. The van der Waals surface area contributed by atoms with E-state index in [0.717, 1.165) is 6.20 Å². The second-order valence-electron chi connectivity index (χ2n) is 7.13. The normalized spacial score (nSPS) is 12.7. The number of rotatable bonds is 6. The molecule has 0 aliphatic carbocycles. The van der Waals surface area contributed by atoms with E-state index in [1.165, 1.54) is 29.0 Å². The van der Waals surface area contributed by atoms with Crippen LogP contribution in [0.1, 0.15) is 21.4 Å². The highest BCUT2D eigenvalue weighted by molar-refractivity contribution is 6.35. The van der Waals surface area contributed by atoms with E-state index in [1.807, 2.05) is 5.32 Å². The van der Waals surface area contributed by atoms with E-state index in [2.05, 4.69) is 20.6 Å². The van der Waals surface area contributed by atoms with Gasteiger partial charge in [0.1, 0.15) is 17.5 Å². The fourth-order valence-corrected chi connectivity index (χ4v) is 3.81. The first kappa shape index (κ1) is 18.6. The van der Waals surface area contributed by atoms with Crippen molar-refractivity contribution in [2.45, 2.75) is 13.5 Å². The molecule has 4 aromatic heterocycles. The molecule has 3 N–H and O–H groups in total. The highest BCUT2D eigenvalue weighted by Crippen LogP contribution is 2.32. The van der Waals surface area contributed by atoms with Gasteiger partial charge in [0.25, 0.3) is 11.5 Å². The lowest BCUT2D eigenvalue weighted by Gasteiger charge is -2.13. The monoisotopic (exact) mass is 472 g/mol. The van der Waals surface area contributed by atoms with Gasteiger partial charge in [0.2, 0.25) is 0 Å². The van der Waals surface area contributed by atoms with Crippen LogP contribution in [0.3, 0.4) is 0 Å². The summed E-state index contributed by atoms with van der Waals surface area (Å²) < 4.78 is 38.4. The minimum absolute atomic E-state index is 0.0846. The molecule has 0 aliphatic rings. The summed E-state index contributed by atoms with van der Waals surface area (Å²) in [6, 6.07) is 4.06. The molecule has 1 amide bonds. The second-order valence-corrected chi connectivity index (χ2v) is 7.53. The Morgan fingerprint density at radius 3 is 2.67 bits per heavy atom. The Balaban J connectivity index is 1.82. The van der Waals surface area contributed by atoms with Crippen LogP contribution >= 0.6 is 11.6 Å². The van der Waals surface area contributed by atoms with Crippen LogP contribution in [-0.4, -0.2) is 32.0 Å². The molecular formula is C22H21ClFN7O2. The van der Waals surface area contributed by atoms with Gasteiger partial charge in [-0.3, -0.25) is 9.59 Å². The second kappa shape index (κ2) is 8.91. The lowest BCUT2D eigenvalue weighted by atomic mass is 10.2. The van der Waals surface area contributed by atoms with E-state index in [-0.39, 0.29) is 28.4 Å². The lowest BCUT2D eigenvalue weighted by Crippen LogP contribution is -2.20. The average molecular weight is 473 g/mol. The van der Waals surface area contributed by atoms with Gasteiger partial charge in [-0.2, -0.15) is 0 Å². The standard InChI is InChI=1S/C22H21ClFN7O2/c1-4-31-10-14(23)20-19(22(31)33)16(11-30(20)3)28-15-7-18(27-9-13(15)21(32)25-2)29-17-6-5-12(24)8-26-17/h5-11H,4H2,1-3H3,(H,25,32)(H2,26,27,28,29)/i2D3. The SMILES string of the molecule is [2H]C([2H])([2H])NC(=O)c1cnc(Nc2ccc(F)cn2)cc1Nc1cn(C)c2c(Cl)cn(CC)c(=O)c12. The van der Waals surface area contributed by atoms with E-state index < -0.39 is 18.7 Å². The van der Waals surface area contributed by atoms with Gasteiger partial charge >= 0.3 is 0 Å². The lowest BCUT2D eigenvalue weighted by molar-refractivity contribution is 0.0963. The Kier molecular flexibility index (Phi) is 5.03. The third kappa shape index (κ3) is 4.24. The maximum Gasteiger partial charge on any atom is 0.262 e. The van der Waals surface area contributed by atoms with E-state index in [1.54, 1.807) is 30.9 Å². The number of aryl methyl sites for hydroxylation is 2. The minimum Gasteiger partial charge on any atom is -0.355 e. The molecule has 9 nitrogen and oxygen atoms in total. The van der Waals surface area contributed by atoms with Crippen LogP contribution in [0.15, 0.2) is 47.8 Å². The molecule has 0 saturated heterocycles. The minimum atomic E-state index is -2.73. The van der Waals surface area contributed by atoms with Crippen LogP contribution < -0.4 is 21.5 Å². The molecule has 0 aliphatic heterocycles. The van der Waals surface area contributed by atoms with Crippen molar-refractivity contribution in [1.82, 2.24) is 24.4 Å². The largest absolute Gasteiger partial charge is 0.355 e. The van der Waals surface area contributed by atoms with Crippen molar-refractivity contribution in [3.8, 4) is 0 Å². The summed E-state index contributed by atoms with van der Waals surface area (Å²) in [5, 5.41) is 8.54. The Morgan fingerprint density at radius 2 is 1.97 bits per heavy atom. The maximum absolute atomic E-state index is 13.2. The first-order valence-electron chi connectivity index (χ1n) is 11.3. The van der Waals surface area contributed by atoms with Crippen molar-refractivity contribution in [2.75, 3.05) is 17.6 Å². The smallest absolute Gasteiger partial charge is 0.262 e. The van der Waals surface area contributed by atoms with Gasteiger partial charge in [-0.15, -0.1) is 0 Å². The molecule has 0 spiro atoms. The van der Waals surface area contributed by atoms with Crippen molar-refractivity contribution < 1.29 is 13.3 Å². The number of carbonyl (C=O) groups excluding carboxylic acids is 1. The van der Waals surface area contributed by atoms with E-state index in [0.29, 0.717) is 28.2 Å². The quantitative estimate of drug-likeness (QED) is 0.394. The Bertz CT molecular complexity index is 1520. The molecule has 4 rings (SSSR count). The van der Waals surface area contributed by atoms with Gasteiger partial charge in [0.05, 0.1) is 39.1 Å². The molecule has 33 heavy (non-hydrogen) atoms. The summed E-state index contributed by atoms with van der Waals surface area (Å²) in [6.45, 7) is -0.532. The first-order chi connectivity index (χ1) is 17.0. The van der Waals surface area contributed by atoms with E-state index >= 15 is 0 Å². The van der Waals surface area contributed by atoms with Crippen LogP contribution in [0.4, 0.5) is 27.4 Å². The van der Waals surface area contributed by atoms with Crippen LogP contribution in [0, 0.1) is 5.82 Å². The summed E-state index contributed by atoms with van der Waals surface area (Å²) in [4.78, 5) is 33.9. The number of aromatic nitrogens is 4. The van der Waals surface area contributed by atoms with Crippen LogP contribution in [-0.2, 0) is 13.6 Å². The van der Waals surface area contributed by atoms with Gasteiger partial charge in [-0.05, 0) is 19.1 Å². The fraction of sp³-hybridized carbons (Fsp3) is 0.182. The fourth-order valence-electron chi connectivity index (χ4n) is 3.46. The predicted molar refractivity (Wildman–Crippen MR) is 126 cm³/mol. The average Bonchev–Trinajstić information content (AvgIpc) is 3.13. The summed E-state index contributed by atoms with van der Waals surface area (Å²) >= 11 is 6.43. The number of amides is 1. The Morgan fingerprint density at radius 1 is 1.18 bits per heavy atom. The molecule has 0 atom stereocenters. The third-order valence-corrected chi connectivity index (χ3v) is 5.28. The van der Waals surface area contributed by atoms with Crippen molar-refractivity contribution in [3.05, 3.63) is 69.7 Å². The maximum atomic E-state index is 13.2. The molecule has 0 aromatic carbocycles. The van der Waals surface area contributed by atoms with Gasteiger partial charge in [-0.25, -0.2) is 14.4 Å². The van der Waals surface area contributed by atoms with Crippen LogP contribution in [0.2, 0.25) is 5.02 Å². The number of anilines is 4. The summed E-state index contributed by atoms with van der Waals surface area (Å²) in [5.41, 5.74) is 0.619. The molecule has 0 saturated carbocycles. The number of carbonyl (C=O) groups is 1. The molecule has 0 fully saturated rings. The summed E-state index contributed by atoms with van der Waals surface area (Å²) in [7, 11) is 1.72. The highest BCUT2D eigenvalue weighted by atomic mass is 35.5. The zero-order chi connectivity index (χ0) is 26.2. The molecular weight excluding hydrogens is 449 g/mol. The first-order valence-corrected chi connectivity index (χ1v) is 10.2. The zero-order valence-corrected chi connectivity index (χ0v) is 18.4. The Labute approximate surface area is 197 Å². The van der Waals surface area contributed by atoms with Gasteiger partial charge < -0.3 is 25.1 Å². The summed E-state index contributed by atoms with van der Waals surface area (Å²) in [5.74, 6) is -0.899. The number of fused-ring (bicyclic) bond motifs is 1. The third-order valence-electron chi connectivity index (χ3n) is 5.01. The van der Waals surface area contributed by atoms with Crippen molar-refractivity contribution >= 4 is 51.4 Å². The van der Waals surface area contributed by atoms with Crippen molar-refractivity contribution in [1.29, 1.82) is 0 Å². The van der Waals surface area contributed by atoms with Crippen molar-refractivity contribution in [2.24, 2.45) is 7.05 Å². The molecule has 170 valence electrons. The molecule has 4 heterocycles. The van der Waals surface area contributed by atoms with Crippen LogP contribution in [0.5, 0.6) is 0 Å². The number of pyridine rings is 3. The number of nitrogens with one attached hydrogen (secondary N) is 3. The van der Waals surface area contributed by atoms with Gasteiger partial charge in [0.15, 0.2) is 0 Å². The molecule has 0 unspecified atom stereocenters. The molecule has 4 aromatic rings. The summed E-state index contributed by atoms with van der Waals surface area (Å²) in [6.07, 6.45) is 5.39. The van der Waals surface area contributed by atoms with Gasteiger partial charge in [-0.1, -0.05) is 11.6 Å². The number of hydrogen-bond acceptors (Lipinski definition) is 6. The van der Waals surface area contributed by atoms with E-state index in [4.69, 9.17) is 15.7 Å². The number of hydrogen-bond donors (Lipinski definition) is 3. The predicted octanol–water partition coefficient (Wildman–Crippen LogP) is 3.79. The van der Waals surface area contributed by atoms with E-state index in [9.17, 15) is 14.0 Å². The number of nitrogens with zero attached hydrogens (tertiary/aromatic N) is 4.